The summed E-state index contributed by atoms with van der Waals surface area (Å²) in [6, 6.07) is 11.0. The van der Waals surface area contributed by atoms with Crippen molar-refractivity contribution >= 4 is 20.7 Å². The molecular weight excluding hydrogens is 264 g/mol. The Hall–Kier alpha value is -2.34. The van der Waals surface area contributed by atoms with E-state index >= 15 is 0 Å². The number of nitrogens with one attached hydrogen (secondary N) is 1. The molecule has 0 unspecified atom stereocenters. The van der Waals surface area contributed by atoms with Gasteiger partial charge < -0.3 is 10.2 Å². The van der Waals surface area contributed by atoms with Gasteiger partial charge in [-0.15, -0.1) is 0 Å². The molecule has 3 aromatic rings. The van der Waals surface area contributed by atoms with Gasteiger partial charge in [-0.1, -0.05) is 18.2 Å². The van der Waals surface area contributed by atoms with Crippen LogP contribution in [0.15, 0.2) is 64.8 Å². The molecule has 3 rings (SSSR count). The third kappa shape index (κ3) is 1.77. The summed E-state index contributed by atoms with van der Waals surface area (Å²) in [5, 5.41) is 12.0. The Morgan fingerprint density at radius 3 is 2.53 bits per heavy atom. The first-order valence-electron chi connectivity index (χ1n) is 5.60. The number of H-pyrrole nitrogens is 1. The number of pyridine rings is 1. The van der Waals surface area contributed by atoms with E-state index in [1.54, 1.807) is 36.5 Å². The molecule has 0 amide bonds. The van der Waals surface area contributed by atoms with Crippen LogP contribution in [0.4, 0.5) is 0 Å². The van der Waals surface area contributed by atoms with Crippen LogP contribution in [0.5, 0.6) is 0 Å². The van der Waals surface area contributed by atoms with E-state index in [2.05, 4.69) is 4.98 Å². The Bertz CT molecular complexity index is 839. The summed E-state index contributed by atoms with van der Waals surface area (Å²) in [5.74, 6) is 0. The standard InChI is InChI=1S/C13H10N2O3S/c16-15-9-7-12-11(6-8-14-12)13(15)19(17,18)10-4-2-1-3-5-10/h1-9,14H. The van der Waals surface area contributed by atoms with Crippen molar-refractivity contribution in [3.8, 4) is 0 Å². The minimum atomic E-state index is -3.84. The third-order valence-corrected chi connectivity index (χ3v) is 4.70. The SMILES string of the molecule is O=S(=O)(c1ccccc1)c1c2cc[nH]c2cc[n+]1[O-]. The Balaban J connectivity index is 2.36. The van der Waals surface area contributed by atoms with E-state index in [-0.39, 0.29) is 9.92 Å². The fourth-order valence-electron chi connectivity index (χ4n) is 2.01. The van der Waals surface area contributed by atoms with E-state index in [1.807, 2.05) is 0 Å². The highest BCUT2D eigenvalue weighted by atomic mass is 32.2. The van der Waals surface area contributed by atoms with E-state index < -0.39 is 9.84 Å². The summed E-state index contributed by atoms with van der Waals surface area (Å²) in [6.07, 6.45) is 2.79. The highest BCUT2D eigenvalue weighted by molar-refractivity contribution is 7.91. The molecule has 2 heterocycles. The van der Waals surface area contributed by atoms with Crippen molar-refractivity contribution < 1.29 is 13.1 Å². The first-order valence-corrected chi connectivity index (χ1v) is 7.08. The van der Waals surface area contributed by atoms with Gasteiger partial charge in [0, 0.05) is 12.3 Å². The van der Waals surface area contributed by atoms with Gasteiger partial charge in [0.1, 0.15) is 0 Å². The van der Waals surface area contributed by atoms with Crippen LogP contribution in [0.3, 0.4) is 0 Å². The second-order valence-corrected chi connectivity index (χ2v) is 5.93. The monoisotopic (exact) mass is 274 g/mol. The van der Waals surface area contributed by atoms with Crippen molar-refractivity contribution in [1.82, 2.24) is 4.98 Å². The van der Waals surface area contributed by atoms with E-state index in [0.29, 0.717) is 15.6 Å². The average molecular weight is 274 g/mol. The molecule has 1 N–H and O–H groups in total. The largest absolute Gasteiger partial charge is 0.618 e. The smallest absolute Gasteiger partial charge is 0.322 e. The lowest BCUT2D eigenvalue weighted by atomic mass is 10.3. The second-order valence-electron chi connectivity index (χ2n) is 4.07. The summed E-state index contributed by atoms with van der Waals surface area (Å²) in [6.45, 7) is 0. The van der Waals surface area contributed by atoms with Crippen LogP contribution in [0.1, 0.15) is 0 Å². The fraction of sp³-hybridized carbons (Fsp3) is 0. The normalized spacial score (nSPS) is 11.8. The van der Waals surface area contributed by atoms with Crippen molar-refractivity contribution in [2.75, 3.05) is 0 Å². The molecule has 0 saturated heterocycles. The predicted molar refractivity (Wildman–Crippen MR) is 69.2 cm³/mol. The number of aromatic amines is 1. The molecule has 1 aromatic carbocycles. The van der Waals surface area contributed by atoms with Crippen molar-refractivity contribution in [2.24, 2.45) is 0 Å². The third-order valence-electron chi connectivity index (χ3n) is 2.89. The number of nitrogens with zero attached hydrogens (tertiary/aromatic N) is 1. The first-order chi connectivity index (χ1) is 9.10. The molecule has 6 heteroatoms. The van der Waals surface area contributed by atoms with Crippen molar-refractivity contribution in [2.45, 2.75) is 9.92 Å². The molecule has 5 nitrogen and oxygen atoms in total. The van der Waals surface area contributed by atoms with Gasteiger partial charge in [0.2, 0.25) is 0 Å². The van der Waals surface area contributed by atoms with Crippen LogP contribution in [0.25, 0.3) is 10.9 Å². The van der Waals surface area contributed by atoms with Gasteiger partial charge in [-0.3, -0.25) is 0 Å². The summed E-state index contributed by atoms with van der Waals surface area (Å²) in [5.41, 5.74) is 0.613. The lowest BCUT2D eigenvalue weighted by Crippen LogP contribution is -2.33. The molecule has 0 atom stereocenters. The number of fused-ring (bicyclic) bond motifs is 1. The first kappa shape index (κ1) is 11.7. The quantitative estimate of drug-likeness (QED) is 0.570. The molecule has 0 aliphatic heterocycles. The molecule has 2 aromatic heterocycles. The van der Waals surface area contributed by atoms with Gasteiger partial charge in [0.15, 0.2) is 6.20 Å². The predicted octanol–water partition coefficient (Wildman–Crippen LogP) is 1.63. The van der Waals surface area contributed by atoms with E-state index in [9.17, 15) is 13.6 Å². The molecule has 0 spiro atoms. The van der Waals surface area contributed by atoms with Crippen molar-refractivity contribution in [3.63, 3.8) is 0 Å². The molecule has 0 radical (unpaired) electrons. The van der Waals surface area contributed by atoms with Crippen LogP contribution in [-0.4, -0.2) is 13.4 Å². The number of aromatic nitrogens is 2. The van der Waals surface area contributed by atoms with Crippen LogP contribution in [0, 0.1) is 5.21 Å². The molecule has 19 heavy (non-hydrogen) atoms. The highest BCUT2D eigenvalue weighted by Crippen LogP contribution is 2.24. The van der Waals surface area contributed by atoms with Gasteiger partial charge in [-0.05, 0) is 18.2 Å². The molecule has 0 aliphatic rings. The zero-order valence-electron chi connectivity index (χ0n) is 9.78. The van der Waals surface area contributed by atoms with Gasteiger partial charge in [0.05, 0.1) is 15.8 Å². The fourth-order valence-corrected chi connectivity index (χ4v) is 3.51. The van der Waals surface area contributed by atoms with Crippen molar-refractivity contribution in [3.05, 3.63) is 60.1 Å². The van der Waals surface area contributed by atoms with Crippen LogP contribution in [-0.2, 0) is 9.84 Å². The summed E-state index contributed by atoms with van der Waals surface area (Å²) in [7, 11) is -3.84. The maximum atomic E-state index is 12.5. The van der Waals surface area contributed by atoms with Gasteiger partial charge in [-0.25, -0.2) is 8.42 Å². The summed E-state index contributed by atoms with van der Waals surface area (Å²) < 4.78 is 25.5. The minimum absolute atomic E-state index is 0.105. The summed E-state index contributed by atoms with van der Waals surface area (Å²) >= 11 is 0. The maximum Gasteiger partial charge on any atom is 0.322 e. The Morgan fingerprint density at radius 1 is 1.05 bits per heavy atom. The molecular formula is C13H10N2O3S. The minimum Gasteiger partial charge on any atom is -0.618 e. The number of hydrogen-bond acceptors (Lipinski definition) is 3. The Labute approximate surface area is 109 Å². The van der Waals surface area contributed by atoms with Crippen LogP contribution in [0.2, 0.25) is 0 Å². The molecule has 0 fully saturated rings. The average Bonchev–Trinajstić information content (AvgIpc) is 2.87. The molecule has 96 valence electrons. The molecule has 0 aliphatic carbocycles. The number of sulfone groups is 1. The maximum absolute atomic E-state index is 12.5. The lowest BCUT2D eigenvalue weighted by Gasteiger charge is -2.06. The van der Waals surface area contributed by atoms with Crippen molar-refractivity contribution in [1.29, 1.82) is 0 Å². The van der Waals surface area contributed by atoms with Gasteiger partial charge in [0.25, 0.3) is 9.84 Å². The Morgan fingerprint density at radius 2 is 1.79 bits per heavy atom. The van der Waals surface area contributed by atoms with E-state index in [4.69, 9.17) is 0 Å². The number of rotatable bonds is 2. The van der Waals surface area contributed by atoms with Gasteiger partial charge >= 0.3 is 5.03 Å². The van der Waals surface area contributed by atoms with Crippen LogP contribution < -0.4 is 4.73 Å². The number of benzene rings is 1. The highest BCUT2D eigenvalue weighted by Gasteiger charge is 2.29. The summed E-state index contributed by atoms with van der Waals surface area (Å²) in [4.78, 5) is 3.00. The van der Waals surface area contributed by atoms with E-state index in [1.165, 1.54) is 18.3 Å². The number of hydrogen-bond donors (Lipinski definition) is 1. The lowest BCUT2D eigenvalue weighted by molar-refractivity contribution is -0.644. The zero-order chi connectivity index (χ0) is 13.5. The second kappa shape index (κ2) is 4.10. The zero-order valence-corrected chi connectivity index (χ0v) is 10.6. The van der Waals surface area contributed by atoms with Crippen LogP contribution >= 0.6 is 0 Å². The van der Waals surface area contributed by atoms with Gasteiger partial charge in [-0.2, -0.15) is 4.73 Å². The van der Waals surface area contributed by atoms with E-state index in [0.717, 1.165) is 0 Å². The Kier molecular flexibility index (Phi) is 2.53. The topological polar surface area (TPSA) is 76.9 Å². The molecule has 0 bridgehead atoms. The molecule has 0 saturated carbocycles.